The van der Waals surface area contributed by atoms with Crippen LogP contribution in [-0.4, -0.2) is 40.6 Å². The second kappa shape index (κ2) is 5.22. The SMILES string of the molecule is O=c1[nH]c2c(cc1-c1noc(CC34COC(CF)(C3)C4)n1)CNCC2. The van der Waals surface area contributed by atoms with Gasteiger partial charge < -0.3 is 19.6 Å². The number of alkyl halides is 1. The average molecular weight is 346 g/mol. The van der Waals surface area contributed by atoms with E-state index >= 15 is 0 Å². The maximum Gasteiger partial charge on any atom is 0.259 e. The number of halogens is 1. The number of H-pyrrole nitrogens is 1. The van der Waals surface area contributed by atoms with Crippen LogP contribution in [0.3, 0.4) is 0 Å². The Labute approximate surface area is 143 Å². The summed E-state index contributed by atoms with van der Waals surface area (Å²) < 4.78 is 24.0. The van der Waals surface area contributed by atoms with Crippen LogP contribution in [0.15, 0.2) is 15.4 Å². The predicted molar refractivity (Wildman–Crippen MR) is 85.8 cm³/mol. The molecule has 0 spiro atoms. The van der Waals surface area contributed by atoms with Gasteiger partial charge in [0.1, 0.15) is 6.67 Å². The second-order valence-electron chi connectivity index (χ2n) is 7.59. The van der Waals surface area contributed by atoms with Crippen molar-refractivity contribution in [2.24, 2.45) is 5.41 Å². The van der Waals surface area contributed by atoms with E-state index in [2.05, 4.69) is 20.4 Å². The Bertz CT molecular complexity index is 884. The molecule has 2 saturated heterocycles. The predicted octanol–water partition coefficient (Wildman–Crippen LogP) is 1.13. The summed E-state index contributed by atoms with van der Waals surface area (Å²) in [5, 5.41) is 7.26. The lowest BCUT2D eigenvalue weighted by Gasteiger charge is -2.42. The van der Waals surface area contributed by atoms with Crippen molar-refractivity contribution in [3.63, 3.8) is 0 Å². The highest BCUT2D eigenvalue weighted by atomic mass is 19.1. The van der Waals surface area contributed by atoms with Crippen LogP contribution in [0.2, 0.25) is 0 Å². The number of nitrogens with one attached hydrogen (secondary N) is 2. The molecule has 1 aliphatic carbocycles. The van der Waals surface area contributed by atoms with Crippen LogP contribution >= 0.6 is 0 Å². The average Bonchev–Trinajstić information content (AvgIpc) is 3.28. The molecule has 0 radical (unpaired) electrons. The highest BCUT2D eigenvalue weighted by Gasteiger charge is 2.62. The fourth-order valence-electron chi connectivity index (χ4n) is 4.49. The van der Waals surface area contributed by atoms with Gasteiger partial charge in [0.15, 0.2) is 0 Å². The van der Waals surface area contributed by atoms with E-state index in [0.29, 0.717) is 43.1 Å². The summed E-state index contributed by atoms with van der Waals surface area (Å²) in [4.78, 5) is 19.7. The van der Waals surface area contributed by atoms with E-state index in [4.69, 9.17) is 9.26 Å². The maximum absolute atomic E-state index is 13.0. The van der Waals surface area contributed by atoms with Crippen LogP contribution in [0.5, 0.6) is 0 Å². The lowest BCUT2D eigenvalue weighted by atomic mass is 9.61. The quantitative estimate of drug-likeness (QED) is 0.862. The molecular formula is C17H19FN4O3. The number of aromatic nitrogens is 3. The topological polar surface area (TPSA) is 93.0 Å². The van der Waals surface area contributed by atoms with Crippen molar-refractivity contribution in [3.8, 4) is 11.4 Å². The standard InChI is InChI=1S/C17H19FN4O3/c18-8-17-6-16(7-17,9-24-17)4-13-21-14(22-25-13)11-3-10-5-19-2-1-12(10)20-15(11)23/h3,19H,1-2,4-9H2,(H,20,23). The minimum Gasteiger partial charge on any atom is -0.372 e. The Morgan fingerprint density at radius 3 is 3.04 bits per heavy atom. The van der Waals surface area contributed by atoms with E-state index in [1.165, 1.54) is 0 Å². The molecule has 8 heteroatoms. The zero-order valence-electron chi connectivity index (χ0n) is 13.7. The molecule has 5 heterocycles. The van der Waals surface area contributed by atoms with Gasteiger partial charge in [-0.1, -0.05) is 5.16 Å². The molecule has 0 aromatic carbocycles. The van der Waals surface area contributed by atoms with Crippen LogP contribution in [0.1, 0.15) is 30.0 Å². The van der Waals surface area contributed by atoms with Gasteiger partial charge in [0.25, 0.3) is 5.56 Å². The molecule has 4 aliphatic rings. The molecule has 0 amide bonds. The van der Waals surface area contributed by atoms with Crippen LogP contribution < -0.4 is 10.9 Å². The van der Waals surface area contributed by atoms with Crippen LogP contribution in [0.25, 0.3) is 11.4 Å². The summed E-state index contributed by atoms with van der Waals surface area (Å²) in [6.45, 7) is 1.66. The lowest BCUT2D eigenvalue weighted by Crippen LogP contribution is -2.46. The fraction of sp³-hybridized carbons (Fsp3) is 0.588. The number of hydrogen-bond donors (Lipinski definition) is 2. The Morgan fingerprint density at radius 1 is 1.36 bits per heavy atom. The molecule has 7 nitrogen and oxygen atoms in total. The summed E-state index contributed by atoms with van der Waals surface area (Å²) in [7, 11) is 0. The van der Waals surface area contributed by atoms with Gasteiger partial charge in [0.2, 0.25) is 11.7 Å². The Kier molecular flexibility index (Phi) is 3.18. The first-order chi connectivity index (χ1) is 12.1. The summed E-state index contributed by atoms with van der Waals surface area (Å²) in [6.07, 6.45) is 2.76. The molecule has 3 aliphatic heterocycles. The van der Waals surface area contributed by atoms with E-state index in [1.807, 2.05) is 6.07 Å². The number of nitrogens with zero attached hydrogens (tertiary/aromatic N) is 2. The summed E-state index contributed by atoms with van der Waals surface area (Å²) in [5.74, 6) is 0.777. The van der Waals surface area contributed by atoms with Gasteiger partial charge in [-0.05, 0) is 24.5 Å². The van der Waals surface area contributed by atoms with Crippen molar-refractivity contribution in [1.82, 2.24) is 20.4 Å². The van der Waals surface area contributed by atoms with Crippen molar-refractivity contribution >= 4 is 0 Å². The Hall–Kier alpha value is -2.06. The number of rotatable bonds is 4. The molecular weight excluding hydrogens is 327 g/mol. The van der Waals surface area contributed by atoms with Gasteiger partial charge in [-0.25, -0.2) is 4.39 Å². The lowest BCUT2D eigenvalue weighted by molar-refractivity contribution is -0.0354. The highest BCUT2D eigenvalue weighted by molar-refractivity contribution is 5.54. The zero-order chi connectivity index (χ0) is 17.1. The molecule has 2 aromatic heterocycles. The van der Waals surface area contributed by atoms with Crippen LogP contribution in [0.4, 0.5) is 4.39 Å². The summed E-state index contributed by atoms with van der Waals surface area (Å²) in [5.41, 5.74) is 1.57. The third-order valence-electron chi connectivity index (χ3n) is 5.64. The Balaban J connectivity index is 1.40. The van der Waals surface area contributed by atoms with E-state index in [9.17, 15) is 9.18 Å². The van der Waals surface area contributed by atoms with Gasteiger partial charge in [-0.3, -0.25) is 4.79 Å². The number of hydrogen-bond acceptors (Lipinski definition) is 6. The third kappa shape index (κ3) is 2.35. The number of pyridine rings is 1. The number of fused-ring (bicyclic) bond motifs is 2. The van der Waals surface area contributed by atoms with Crippen molar-refractivity contribution in [2.45, 2.75) is 37.8 Å². The number of aromatic amines is 1. The van der Waals surface area contributed by atoms with Crippen molar-refractivity contribution in [2.75, 3.05) is 19.8 Å². The van der Waals surface area contributed by atoms with Crippen molar-refractivity contribution in [3.05, 3.63) is 33.6 Å². The molecule has 0 unspecified atom stereocenters. The minimum atomic E-state index is -0.578. The molecule has 0 atom stereocenters. The zero-order valence-corrected chi connectivity index (χ0v) is 13.7. The first-order valence-electron chi connectivity index (χ1n) is 8.59. The van der Waals surface area contributed by atoms with E-state index in [0.717, 1.165) is 30.8 Å². The molecule has 1 saturated carbocycles. The van der Waals surface area contributed by atoms with E-state index in [-0.39, 0.29) is 11.0 Å². The first-order valence-corrected chi connectivity index (χ1v) is 8.59. The molecule has 2 N–H and O–H groups in total. The van der Waals surface area contributed by atoms with Gasteiger partial charge in [-0.15, -0.1) is 0 Å². The van der Waals surface area contributed by atoms with E-state index in [1.54, 1.807) is 0 Å². The summed E-state index contributed by atoms with van der Waals surface area (Å²) in [6, 6.07) is 1.84. The fourth-order valence-corrected chi connectivity index (χ4v) is 4.49. The second-order valence-corrected chi connectivity index (χ2v) is 7.59. The van der Waals surface area contributed by atoms with Gasteiger partial charge in [-0.2, -0.15) is 4.98 Å². The molecule has 6 rings (SSSR count). The van der Waals surface area contributed by atoms with E-state index < -0.39 is 12.3 Å². The van der Waals surface area contributed by atoms with Crippen molar-refractivity contribution in [1.29, 1.82) is 0 Å². The third-order valence-corrected chi connectivity index (χ3v) is 5.64. The molecule has 25 heavy (non-hydrogen) atoms. The molecule has 3 fully saturated rings. The van der Waals surface area contributed by atoms with Gasteiger partial charge >= 0.3 is 0 Å². The highest BCUT2D eigenvalue weighted by Crippen LogP contribution is 2.59. The Morgan fingerprint density at radius 2 is 2.24 bits per heavy atom. The van der Waals surface area contributed by atoms with Crippen molar-refractivity contribution < 1.29 is 13.7 Å². The van der Waals surface area contributed by atoms with Crippen LogP contribution in [-0.2, 0) is 24.1 Å². The largest absolute Gasteiger partial charge is 0.372 e. The van der Waals surface area contributed by atoms with Gasteiger partial charge in [0.05, 0.1) is 17.8 Å². The molecule has 132 valence electrons. The maximum atomic E-state index is 13.0. The molecule has 2 bridgehead atoms. The smallest absolute Gasteiger partial charge is 0.259 e. The number of ether oxygens (including phenoxy) is 1. The minimum absolute atomic E-state index is 0.0952. The summed E-state index contributed by atoms with van der Waals surface area (Å²) >= 11 is 0. The first kappa shape index (κ1) is 15.2. The molecule has 2 aromatic rings. The monoisotopic (exact) mass is 346 g/mol. The van der Waals surface area contributed by atoms with Gasteiger partial charge in [0, 0.05) is 37.0 Å². The normalized spacial score (nSPS) is 30.1. The van der Waals surface area contributed by atoms with Crippen LogP contribution in [0, 0.1) is 5.41 Å².